The Hall–Kier alpha value is -2.82. The second-order valence-corrected chi connectivity index (χ2v) is 8.10. The Morgan fingerprint density at radius 3 is 2.59 bits per heavy atom. The first kappa shape index (κ1) is 20.9. The summed E-state index contributed by atoms with van der Waals surface area (Å²) >= 11 is 5.62. The van der Waals surface area contributed by atoms with Crippen molar-refractivity contribution in [1.82, 2.24) is 24.9 Å². The molecule has 0 amide bonds. The Kier molecular flexibility index (Phi) is 6.57. The van der Waals surface area contributed by atoms with Crippen LogP contribution in [0.5, 0.6) is 0 Å². The second kappa shape index (κ2) is 9.12. The van der Waals surface area contributed by atoms with Gasteiger partial charge in [-0.3, -0.25) is 14.8 Å². The number of rotatable bonds is 8. The maximum absolute atomic E-state index is 13.2. The number of halogens is 2. The SMILES string of the molecule is O=C(CCc1cnccn1)c1ccc(CNS(=O)(=O)c2ccc(F)c(Cl)c2)nn1. The van der Waals surface area contributed by atoms with Gasteiger partial charge in [-0.15, -0.1) is 5.10 Å². The van der Waals surface area contributed by atoms with Crippen molar-refractivity contribution < 1.29 is 17.6 Å². The van der Waals surface area contributed by atoms with Gasteiger partial charge in [-0.2, -0.15) is 5.10 Å². The molecule has 1 N–H and O–H groups in total. The Balaban J connectivity index is 1.58. The van der Waals surface area contributed by atoms with Gasteiger partial charge in [-0.25, -0.2) is 17.5 Å². The van der Waals surface area contributed by atoms with E-state index in [-0.39, 0.29) is 34.4 Å². The highest BCUT2D eigenvalue weighted by Gasteiger charge is 2.16. The van der Waals surface area contributed by atoms with Gasteiger partial charge >= 0.3 is 0 Å². The predicted molar refractivity (Wildman–Crippen MR) is 102 cm³/mol. The second-order valence-electron chi connectivity index (χ2n) is 5.93. The van der Waals surface area contributed by atoms with Crippen molar-refractivity contribution in [2.45, 2.75) is 24.3 Å². The molecule has 0 radical (unpaired) electrons. The van der Waals surface area contributed by atoms with E-state index < -0.39 is 15.8 Å². The van der Waals surface area contributed by atoms with E-state index in [1.165, 1.54) is 12.1 Å². The number of aryl methyl sites for hydroxylation is 1. The average Bonchev–Trinajstić information content (AvgIpc) is 2.73. The molecular weight excluding hydrogens is 421 g/mol. The topological polar surface area (TPSA) is 115 Å². The smallest absolute Gasteiger partial charge is 0.240 e. The number of sulfonamides is 1. The zero-order valence-electron chi connectivity index (χ0n) is 14.9. The first-order chi connectivity index (χ1) is 13.8. The van der Waals surface area contributed by atoms with Crippen molar-refractivity contribution in [3.05, 3.63) is 76.8 Å². The number of hydrogen-bond donors (Lipinski definition) is 1. The summed E-state index contributed by atoms with van der Waals surface area (Å²) in [6, 6.07) is 6.07. The molecule has 2 aromatic heterocycles. The number of carbonyl (C=O) groups excluding carboxylic acids is 1. The highest BCUT2D eigenvalue weighted by molar-refractivity contribution is 7.89. The standard InChI is InChI=1S/C18H15ClFN5O3S/c19-15-9-14(3-4-16(15)20)29(27,28)23-11-13-1-5-17(25-24-13)18(26)6-2-12-10-21-7-8-22-12/h1,3-5,7-10,23H,2,6,11H2. The van der Waals surface area contributed by atoms with E-state index in [0.29, 0.717) is 17.8 Å². The van der Waals surface area contributed by atoms with Crippen molar-refractivity contribution in [1.29, 1.82) is 0 Å². The number of benzene rings is 1. The predicted octanol–water partition coefficient (Wildman–Crippen LogP) is 2.35. The maximum Gasteiger partial charge on any atom is 0.240 e. The van der Waals surface area contributed by atoms with Crippen LogP contribution < -0.4 is 4.72 Å². The number of nitrogens with one attached hydrogen (secondary N) is 1. The summed E-state index contributed by atoms with van der Waals surface area (Å²) in [5.74, 6) is -0.924. The summed E-state index contributed by atoms with van der Waals surface area (Å²) in [5.41, 5.74) is 1.18. The quantitative estimate of drug-likeness (QED) is 0.540. The number of Topliss-reactive ketones (excluding diaryl/α,β-unsaturated/α-hetero) is 1. The van der Waals surface area contributed by atoms with Crippen LogP contribution in [-0.4, -0.2) is 34.4 Å². The molecule has 1 aromatic carbocycles. The Labute approximate surface area is 171 Å². The molecule has 0 aliphatic carbocycles. The van der Waals surface area contributed by atoms with Gasteiger partial charge in [0.25, 0.3) is 0 Å². The molecule has 0 aliphatic rings. The van der Waals surface area contributed by atoms with Crippen molar-refractivity contribution in [3.8, 4) is 0 Å². The van der Waals surface area contributed by atoms with Gasteiger partial charge in [0.15, 0.2) is 5.78 Å². The lowest BCUT2D eigenvalue weighted by Gasteiger charge is -2.07. The molecule has 2 heterocycles. The minimum Gasteiger partial charge on any atom is -0.292 e. The molecule has 3 aromatic rings. The molecule has 0 aliphatic heterocycles. The molecule has 0 saturated heterocycles. The van der Waals surface area contributed by atoms with Crippen LogP contribution in [0.15, 0.2) is 53.8 Å². The Morgan fingerprint density at radius 2 is 1.93 bits per heavy atom. The number of aromatic nitrogens is 4. The van der Waals surface area contributed by atoms with Crippen LogP contribution in [0.3, 0.4) is 0 Å². The van der Waals surface area contributed by atoms with E-state index in [9.17, 15) is 17.6 Å². The molecule has 3 rings (SSSR count). The summed E-state index contributed by atoms with van der Waals surface area (Å²) in [4.78, 5) is 20.0. The largest absolute Gasteiger partial charge is 0.292 e. The lowest BCUT2D eigenvalue weighted by molar-refractivity contribution is 0.0976. The fraction of sp³-hybridized carbons (Fsp3) is 0.167. The normalized spacial score (nSPS) is 11.4. The Morgan fingerprint density at radius 1 is 1.10 bits per heavy atom. The fourth-order valence-corrected chi connectivity index (χ4v) is 3.60. The van der Waals surface area contributed by atoms with Gasteiger partial charge in [-0.05, 0) is 36.8 Å². The van der Waals surface area contributed by atoms with E-state index in [4.69, 9.17) is 11.6 Å². The molecule has 0 saturated carbocycles. The molecule has 29 heavy (non-hydrogen) atoms. The van der Waals surface area contributed by atoms with E-state index in [2.05, 4.69) is 24.9 Å². The van der Waals surface area contributed by atoms with E-state index >= 15 is 0 Å². The highest BCUT2D eigenvalue weighted by atomic mass is 35.5. The number of carbonyl (C=O) groups is 1. The molecule has 0 unspecified atom stereocenters. The summed E-state index contributed by atoms with van der Waals surface area (Å²) < 4.78 is 40.0. The number of nitrogens with zero attached hydrogens (tertiary/aromatic N) is 4. The fourth-order valence-electron chi connectivity index (χ4n) is 2.33. The molecular formula is C18H15ClFN5O3S. The number of ketones is 1. The van der Waals surface area contributed by atoms with Crippen LogP contribution in [0.2, 0.25) is 5.02 Å². The third-order valence-corrected chi connectivity index (χ3v) is 5.56. The highest BCUT2D eigenvalue weighted by Crippen LogP contribution is 2.19. The minimum absolute atomic E-state index is 0.154. The van der Waals surface area contributed by atoms with Crippen LogP contribution in [0.4, 0.5) is 4.39 Å². The van der Waals surface area contributed by atoms with Crippen LogP contribution in [0.25, 0.3) is 0 Å². The van der Waals surface area contributed by atoms with Crippen LogP contribution in [-0.2, 0) is 23.0 Å². The van der Waals surface area contributed by atoms with Gasteiger partial charge in [0.1, 0.15) is 11.5 Å². The third kappa shape index (κ3) is 5.59. The van der Waals surface area contributed by atoms with Gasteiger partial charge in [-0.1, -0.05) is 11.6 Å². The van der Waals surface area contributed by atoms with Crippen LogP contribution >= 0.6 is 11.6 Å². The molecule has 0 spiro atoms. The number of hydrogen-bond acceptors (Lipinski definition) is 7. The molecule has 0 fully saturated rings. The van der Waals surface area contributed by atoms with E-state index in [1.807, 2.05) is 0 Å². The van der Waals surface area contributed by atoms with Crippen molar-refractivity contribution in [2.24, 2.45) is 0 Å². The van der Waals surface area contributed by atoms with Gasteiger partial charge in [0.2, 0.25) is 10.0 Å². The van der Waals surface area contributed by atoms with Crippen molar-refractivity contribution >= 4 is 27.4 Å². The minimum atomic E-state index is -3.91. The lowest BCUT2D eigenvalue weighted by atomic mass is 10.1. The summed E-state index contributed by atoms with van der Waals surface area (Å²) in [6.07, 6.45) is 5.31. The molecule has 0 atom stereocenters. The molecule has 8 nitrogen and oxygen atoms in total. The van der Waals surface area contributed by atoms with Gasteiger partial charge < -0.3 is 0 Å². The van der Waals surface area contributed by atoms with Crippen LogP contribution in [0, 0.1) is 5.82 Å². The summed E-state index contributed by atoms with van der Waals surface area (Å²) in [7, 11) is -3.91. The Bertz CT molecular complexity index is 1110. The van der Waals surface area contributed by atoms with Crippen molar-refractivity contribution in [3.63, 3.8) is 0 Å². The summed E-state index contributed by atoms with van der Waals surface area (Å²) in [6.45, 7) is -0.154. The van der Waals surface area contributed by atoms with Gasteiger partial charge in [0, 0.05) is 25.0 Å². The summed E-state index contributed by atoms with van der Waals surface area (Å²) in [5, 5.41) is 7.43. The van der Waals surface area contributed by atoms with Gasteiger partial charge in [0.05, 0.1) is 27.9 Å². The zero-order valence-corrected chi connectivity index (χ0v) is 16.5. The maximum atomic E-state index is 13.2. The van der Waals surface area contributed by atoms with E-state index in [0.717, 1.165) is 18.2 Å². The zero-order chi connectivity index (χ0) is 20.9. The van der Waals surface area contributed by atoms with E-state index in [1.54, 1.807) is 18.6 Å². The monoisotopic (exact) mass is 435 g/mol. The third-order valence-electron chi connectivity index (χ3n) is 3.87. The van der Waals surface area contributed by atoms with Crippen LogP contribution in [0.1, 0.15) is 28.3 Å². The average molecular weight is 436 g/mol. The molecule has 0 bridgehead atoms. The first-order valence-corrected chi connectivity index (χ1v) is 10.3. The van der Waals surface area contributed by atoms with Crippen molar-refractivity contribution in [2.75, 3.05) is 0 Å². The first-order valence-electron chi connectivity index (χ1n) is 8.40. The molecule has 150 valence electrons. The lowest BCUT2D eigenvalue weighted by Crippen LogP contribution is -2.24. The molecule has 11 heteroatoms.